The molecule has 4 nitrogen and oxygen atoms in total. The van der Waals surface area contributed by atoms with E-state index in [1.807, 2.05) is 0 Å². The fourth-order valence-corrected chi connectivity index (χ4v) is 4.16. The maximum Gasteiger partial charge on any atom is 0.0999 e. The average Bonchev–Trinajstić information content (AvgIpc) is 3.06. The first-order chi connectivity index (χ1) is 10.7. The summed E-state index contributed by atoms with van der Waals surface area (Å²) in [5.41, 5.74) is 6.47. The number of aliphatic hydroxyl groups is 1. The third-order valence-corrected chi connectivity index (χ3v) is 5.79. The monoisotopic (exact) mass is 409 g/mol. The van der Waals surface area contributed by atoms with Crippen LogP contribution in [0.15, 0.2) is 18.2 Å². The average molecular weight is 409 g/mol. The summed E-state index contributed by atoms with van der Waals surface area (Å²) >= 11 is 2.32. The fraction of sp³-hybridized carbons (Fsp3) is 0.471. The van der Waals surface area contributed by atoms with Crippen LogP contribution in [0, 0.1) is 3.70 Å². The van der Waals surface area contributed by atoms with Crippen LogP contribution in [0.4, 0.5) is 0 Å². The minimum Gasteiger partial charge on any atom is -0.393 e. The van der Waals surface area contributed by atoms with Crippen LogP contribution in [0.1, 0.15) is 42.4 Å². The molecular weight excluding hydrogens is 389 g/mol. The molecule has 1 aromatic heterocycles. The summed E-state index contributed by atoms with van der Waals surface area (Å²) in [7, 11) is 0. The molecule has 0 spiro atoms. The van der Waals surface area contributed by atoms with Crippen molar-refractivity contribution in [3.05, 3.63) is 38.6 Å². The van der Waals surface area contributed by atoms with Gasteiger partial charge < -0.3 is 10.4 Å². The number of H-pyrrole nitrogens is 1. The number of halogens is 1. The molecule has 0 amide bonds. The molecule has 4 rings (SSSR count). The van der Waals surface area contributed by atoms with E-state index in [4.69, 9.17) is 0 Å². The number of aromatic amines is 1. The lowest BCUT2D eigenvalue weighted by Gasteiger charge is -2.26. The Labute approximate surface area is 143 Å². The van der Waals surface area contributed by atoms with Gasteiger partial charge in [0, 0.05) is 30.1 Å². The van der Waals surface area contributed by atoms with Gasteiger partial charge in [-0.1, -0.05) is 18.2 Å². The topological polar surface area (TPSA) is 60.9 Å². The number of nitrogens with one attached hydrogen (secondary N) is 2. The zero-order chi connectivity index (χ0) is 15.1. The van der Waals surface area contributed by atoms with Crippen molar-refractivity contribution < 1.29 is 5.11 Å². The van der Waals surface area contributed by atoms with Gasteiger partial charge in [-0.2, -0.15) is 5.10 Å². The van der Waals surface area contributed by atoms with Gasteiger partial charge in [0.25, 0.3) is 0 Å². The molecule has 0 aliphatic heterocycles. The number of rotatable bonds is 3. The van der Waals surface area contributed by atoms with Crippen molar-refractivity contribution in [2.45, 2.75) is 50.8 Å². The number of benzene rings is 1. The van der Waals surface area contributed by atoms with E-state index in [2.05, 4.69) is 56.3 Å². The first-order valence-corrected chi connectivity index (χ1v) is 9.05. The standard InChI is InChI=1S/C17H20IN3O/c18-17-15-8-11-7-10(1-6-14(11)16(15)20-21-17)9-19-12-2-4-13(22)5-3-12/h1,6-7,12-13,19,22H,2-5,8-9H2,(H,20,21). The number of aliphatic hydroxyl groups excluding tert-OH is 1. The zero-order valence-electron chi connectivity index (χ0n) is 12.4. The maximum atomic E-state index is 9.57. The normalized spacial score (nSPS) is 23.4. The second-order valence-corrected chi connectivity index (χ2v) is 7.50. The Balaban J connectivity index is 1.43. The van der Waals surface area contributed by atoms with Gasteiger partial charge in [-0.3, -0.25) is 5.10 Å². The molecule has 2 aromatic rings. The molecule has 5 heteroatoms. The lowest BCUT2D eigenvalue weighted by Crippen LogP contribution is -2.34. The van der Waals surface area contributed by atoms with E-state index in [-0.39, 0.29) is 6.10 Å². The van der Waals surface area contributed by atoms with E-state index in [0.717, 1.165) is 48.0 Å². The Kier molecular flexibility index (Phi) is 3.96. The summed E-state index contributed by atoms with van der Waals surface area (Å²) in [6.45, 7) is 0.912. The Morgan fingerprint density at radius 1 is 1.27 bits per heavy atom. The summed E-state index contributed by atoms with van der Waals surface area (Å²) in [5, 5.41) is 20.7. The molecule has 0 saturated heterocycles. The van der Waals surface area contributed by atoms with E-state index in [0.29, 0.717) is 6.04 Å². The maximum absolute atomic E-state index is 9.57. The summed E-state index contributed by atoms with van der Waals surface area (Å²) in [6, 6.07) is 7.28. The predicted molar refractivity (Wildman–Crippen MR) is 94.6 cm³/mol. The van der Waals surface area contributed by atoms with Crippen molar-refractivity contribution in [1.29, 1.82) is 0 Å². The molecule has 1 saturated carbocycles. The molecule has 3 N–H and O–H groups in total. The molecule has 2 aliphatic rings. The summed E-state index contributed by atoms with van der Waals surface area (Å²) in [4.78, 5) is 0. The van der Waals surface area contributed by atoms with Crippen molar-refractivity contribution in [3.63, 3.8) is 0 Å². The number of nitrogens with zero attached hydrogens (tertiary/aromatic N) is 1. The minimum atomic E-state index is -0.0809. The van der Waals surface area contributed by atoms with E-state index < -0.39 is 0 Å². The second-order valence-electron chi connectivity index (χ2n) is 6.42. The number of fused-ring (bicyclic) bond motifs is 3. The van der Waals surface area contributed by atoms with E-state index in [9.17, 15) is 5.11 Å². The van der Waals surface area contributed by atoms with Crippen LogP contribution in [0.2, 0.25) is 0 Å². The Morgan fingerprint density at radius 2 is 2.09 bits per heavy atom. The smallest absolute Gasteiger partial charge is 0.0999 e. The molecule has 0 unspecified atom stereocenters. The van der Waals surface area contributed by atoms with E-state index in [1.54, 1.807) is 0 Å². The van der Waals surface area contributed by atoms with Gasteiger partial charge in [-0.05, 0) is 59.4 Å². The molecule has 1 aromatic carbocycles. The lowest BCUT2D eigenvalue weighted by atomic mass is 9.93. The van der Waals surface area contributed by atoms with Crippen LogP contribution >= 0.6 is 22.6 Å². The summed E-state index contributed by atoms with van der Waals surface area (Å²) < 4.78 is 1.16. The predicted octanol–water partition coefficient (Wildman–Crippen LogP) is 2.98. The molecule has 116 valence electrons. The van der Waals surface area contributed by atoms with Gasteiger partial charge in [0.05, 0.1) is 15.5 Å². The van der Waals surface area contributed by atoms with E-state index >= 15 is 0 Å². The number of hydrogen-bond donors (Lipinski definition) is 3. The highest BCUT2D eigenvalue weighted by Crippen LogP contribution is 2.37. The molecule has 22 heavy (non-hydrogen) atoms. The molecule has 0 atom stereocenters. The zero-order valence-corrected chi connectivity index (χ0v) is 14.6. The molecule has 1 fully saturated rings. The molecule has 2 aliphatic carbocycles. The van der Waals surface area contributed by atoms with Gasteiger partial charge in [-0.15, -0.1) is 0 Å². The van der Waals surface area contributed by atoms with Gasteiger partial charge in [0.2, 0.25) is 0 Å². The SMILES string of the molecule is OC1CCC(NCc2ccc3c(c2)Cc2c-3n[nH]c2I)CC1. The lowest BCUT2D eigenvalue weighted by molar-refractivity contribution is 0.116. The summed E-state index contributed by atoms with van der Waals surface area (Å²) in [6.07, 6.45) is 4.94. The quantitative estimate of drug-likeness (QED) is 0.583. The van der Waals surface area contributed by atoms with Crippen molar-refractivity contribution in [1.82, 2.24) is 15.5 Å². The summed E-state index contributed by atoms with van der Waals surface area (Å²) in [5.74, 6) is 0. The first-order valence-electron chi connectivity index (χ1n) is 7.97. The molecule has 0 radical (unpaired) electrons. The fourth-order valence-electron chi connectivity index (χ4n) is 3.59. The van der Waals surface area contributed by atoms with Crippen molar-refractivity contribution in [3.8, 4) is 11.3 Å². The van der Waals surface area contributed by atoms with Crippen LogP contribution < -0.4 is 5.32 Å². The van der Waals surface area contributed by atoms with Gasteiger partial charge in [-0.25, -0.2) is 0 Å². The van der Waals surface area contributed by atoms with Crippen molar-refractivity contribution in [2.75, 3.05) is 0 Å². The van der Waals surface area contributed by atoms with Crippen LogP contribution in [-0.4, -0.2) is 27.4 Å². The number of aromatic nitrogens is 2. The highest BCUT2D eigenvalue weighted by Gasteiger charge is 2.24. The van der Waals surface area contributed by atoms with Gasteiger partial charge >= 0.3 is 0 Å². The van der Waals surface area contributed by atoms with Gasteiger partial charge in [0.15, 0.2) is 0 Å². The van der Waals surface area contributed by atoms with Gasteiger partial charge in [0.1, 0.15) is 0 Å². The minimum absolute atomic E-state index is 0.0809. The third-order valence-electron chi connectivity index (χ3n) is 4.90. The Hall–Kier alpha value is -0.920. The second kappa shape index (κ2) is 5.94. The van der Waals surface area contributed by atoms with Crippen molar-refractivity contribution >= 4 is 22.6 Å². The van der Waals surface area contributed by atoms with Crippen LogP contribution in [0.5, 0.6) is 0 Å². The third kappa shape index (κ3) is 2.70. The van der Waals surface area contributed by atoms with Crippen molar-refractivity contribution in [2.24, 2.45) is 0 Å². The van der Waals surface area contributed by atoms with E-state index in [1.165, 1.54) is 22.3 Å². The van der Waals surface area contributed by atoms with Crippen LogP contribution in [-0.2, 0) is 13.0 Å². The molecular formula is C17H20IN3O. The first kappa shape index (κ1) is 14.7. The van der Waals surface area contributed by atoms with Crippen LogP contribution in [0.25, 0.3) is 11.3 Å². The highest BCUT2D eigenvalue weighted by molar-refractivity contribution is 14.1. The Bertz CT molecular complexity index is 689. The molecule has 1 heterocycles. The number of hydrogen-bond acceptors (Lipinski definition) is 3. The Morgan fingerprint density at radius 3 is 2.91 bits per heavy atom. The highest BCUT2D eigenvalue weighted by atomic mass is 127. The molecule has 0 bridgehead atoms. The van der Waals surface area contributed by atoms with Crippen LogP contribution in [0.3, 0.4) is 0 Å². The largest absolute Gasteiger partial charge is 0.393 e.